The molecule has 0 aromatic rings. The molecule has 6 heteroatoms. The normalized spacial score (nSPS) is 27.1. The molecule has 0 bridgehead atoms. The Bertz CT molecular complexity index is 195. The Hall–Kier alpha value is -0.170. The highest BCUT2D eigenvalue weighted by atomic mass is 32.2. The largest absolute Gasteiger partial charge is 0.301 e. The van der Waals surface area contributed by atoms with Crippen molar-refractivity contribution in [3.63, 3.8) is 0 Å². The molecule has 0 amide bonds. The Labute approximate surface area is 60.2 Å². The summed E-state index contributed by atoms with van der Waals surface area (Å²) in [6.45, 7) is 0.854. The van der Waals surface area contributed by atoms with Gasteiger partial charge in [0.05, 0.1) is 6.17 Å². The van der Waals surface area contributed by atoms with Crippen molar-refractivity contribution in [2.75, 3.05) is 6.54 Å². The maximum absolute atomic E-state index is 10.4. The highest BCUT2D eigenvalue weighted by Gasteiger charge is 2.17. The van der Waals surface area contributed by atoms with E-state index in [1.807, 2.05) is 0 Å². The molecule has 1 atom stereocenters. The minimum absolute atomic E-state index is 0.157. The summed E-state index contributed by atoms with van der Waals surface area (Å²) in [5.41, 5.74) is 0. The summed E-state index contributed by atoms with van der Waals surface area (Å²) in [5.74, 6) is 0. The van der Waals surface area contributed by atoms with Crippen LogP contribution < -0.4 is 15.2 Å². The van der Waals surface area contributed by atoms with E-state index in [0.29, 0.717) is 0 Å². The molecule has 1 aliphatic heterocycles. The van der Waals surface area contributed by atoms with Gasteiger partial charge in [0, 0.05) is 0 Å². The molecule has 0 aliphatic carbocycles. The van der Waals surface area contributed by atoms with Crippen LogP contribution in [0.25, 0.3) is 0 Å². The zero-order valence-corrected chi connectivity index (χ0v) is 6.32. The molecule has 4 N–H and O–H groups in total. The number of hydrogen-bond acceptors (Lipinski definition) is 3. The van der Waals surface area contributed by atoms with Gasteiger partial charge in [-0.25, -0.2) is 5.14 Å². The highest BCUT2D eigenvalue weighted by molar-refractivity contribution is 7.87. The predicted molar refractivity (Wildman–Crippen MR) is 37.3 cm³/mol. The van der Waals surface area contributed by atoms with Crippen molar-refractivity contribution in [3.8, 4) is 0 Å². The molecular weight excluding hydrogens is 154 g/mol. The van der Waals surface area contributed by atoms with E-state index in [9.17, 15) is 8.42 Å². The lowest BCUT2D eigenvalue weighted by atomic mass is 10.3. The van der Waals surface area contributed by atoms with Crippen LogP contribution in [0.2, 0.25) is 0 Å². The molecule has 0 aromatic carbocycles. The molecule has 1 unspecified atom stereocenters. The van der Waals surface area contributed by atoms with Crippen LogP contribution in [0.3, 0.4) is 0 Å². The van der Waals surface area contributed by atoms with Gasteiger partial charge < -0.3 is 5.32 Å². The molecule has 0 saturated carbocycles. The molecule has 1 saturated heterocycles. The van der Waals surface area contributed by atoms with Gasteiger partial charge in [-0.1, -0.05) is 0 Å². The fourth-order valence-electron chi connectivity index (χ4n) is 0.983. The molecule has 1 aliphatic rings. The average Bonchev–Trinajstić information content (AvgIpc) is 2.12. The maximum Gasteiger partial charge on any atom is 0.275 e. The summed E-state index contributed by atoms with van der Waals surface area (Å²) in [7, 11) is -3.52. The third-order valence-electron chi connectivity index (χ3n) is 1.37. The van der Waals surface area contributed by atoms with Crippen molar-refractivity contribution >= 4 is 10.2 Å². The zero-order valence-electron chi connectivity index (χ0n) is 5.50. The minimum atomic E-state index is -3.52. The second kappa shape index (κ2) is 2.83. The molecule has 10 heavy (non-hydrogen) atoms. The Morgan fingerprint density at radius 1 is 1.60 bits per heavy atom. The van der Waals surface area contributed by atoms with Crippen molar-refractivity contribution in [2.45, 2.75) is 19.0 Å². The van der Waals surface area contributed by atoms with Crippen LogP contribution in [0.4, 0.5) is 0 Å². The van der Waals surface area contributed by atoms with Crippen LogP contribution in [0.15, 0.2) is 0 Å². The van der Waals surface area contributed by atoms with Gasteiger partial charge in [0.15, 0.2) is 0 Å². The van der Waals surface area contributed by atoms with E-state index < -0.39 is 10.2 Å². The molecule has 0 aromatic heterocycles. The van der Waals surface area contributed by atoms with E-state index in [1.165, 1.54) is 0 Å². The lowest BCUT2D eigenvalue weighted by Crippen LogP contribution is -2.44. The number of hydrogen-bond donors (Lipinski definition) is 3. The Balaban J connectivity index is 2.38. The van der Waals surface area contributed by atoms with Crippen LogP contribution in [0.5, 0.6) is 0 Å². The molecule has 60 valence electrons. The monoisotopic (exact) mass is 165 g/mol. The SMILES string of the molecule is NS(=O)(=O)NC1CCCN1. The lowest BCUT2D eigenvalue weighted by molar-refractivity contribution is 0.531. The van der Waals surface area contributed by atoms with Gasteiger partial charge in [-0.15, -0.1) is 0 Å². The van der Waals surface area contributed by atoms with Crippen LogP contribution >= 0.6 is 0 Å². The first kappa shape index (κ1) is 7.93. The van der Waals surface area contributed by atoms with Gasteiger partial charge in [-0.3, -0.25) is 0 Å². The van der Waals surface area contributed by atoms with E-state index in [2.05, 4.69) is 10.0 Å². The standard InChI is InChI=1S/C4H11N3O2S/c5-10(8,9)7-4-2-1-3-6-4/h4,6-7H,1-3H2,(H2,5,8,9). The van der Waals surface area contributed by atoms with Crippen molar-refractivity contribution in [1.82, 2.24) is 10.0 Å². The average molecular weight is 165 g/mol. The van der Waals surface area contributed by atoms with Gasteiger partial charge in [0.25, 0.3) is 10.2 Å². The number of rotatable bonds is 2. The van der Waals surface area contributed by atoms with Gasteiger partial charge in [0.1, 0.15) is 0 Å². The van der Waals surface area contributed by atoms with E-state index >= 15 is 0 Å². The summed E-state index contributed by atoms with van der Waals surface area (Å²) >= 11 is 0. The lowest BCUT2D eigenvalue weighted by Gasteiger charge is -2.08. The Morgan fingerprint density at radius 2 is 2.30 bits per heavy atom. The fraction of sp³-hybridized carbons (Fsp3) is 1.00. The number of nitrogens with one attached hydrogen (secondary N) is 2. The fourth-order valence-corrected chi connectivity index (χ4v) is 1.58. The van der Waals surface area contributed by atoms with E-state index in [0.717, 1.165) is 19.4 Å². The maximum atomic E-state index is 10.4. The van der Waals surface area contributed by atoms with Crippen LogP contribution in [0.1, 0.15) is 12.8 Å². The van der Waals surface area contributed by atoms with Gasteiger partial charge in [-0.05, 0) is 19.4 Å². The van der Waals surface area contributed by atoms with Crippen molar-refractivity contribution in [1.29, 1.82) is 0 Å². The minimum Gasteiger partial charge on any atom is -0.301 e. The van der Waals surface area contributed by atoms with Crippen LogP contribution in [-0.2, 0) is 10.2 Å². The van der Waals surface area contributed by atoms with Crippen molar-refractivity contribution in [3.05, 3.63) is 0 Å². The summed E-state index contributed by atoms with van der Waals surface area (Å²) < 4.78 is 23.1. The summed E-state index contributed by atoms with van der Waals surface area (Å²) in [5, 5.41) is 7.68. The second-order valence-electron chi connectivity index (χ2n) is 2.31. The molecule has 1 heterocycles. The van der Waals surface area contributed by atoms with Gasteiger partial charge in [0.2, 0.25) is 0 Å². The van der Waals surface area contributed by atoms with E-state index in [1.54, 1.807) is 0 Å². The zero-order chi connectivity index (χ0) is 7.61. The molecular formula is C4H11N3O2S. The molecule has 0 spiro atoms. The van der Waals surface area contributed by atoms with E-state index in [4.69, 9.17) is 5.14 Å². The van der Waals surface area contributed by atoms with E-state index in [-0.39, 0.29) is 6.17 Å². The van der Waals surface area contributed by atoms with Crippen molar-refractivity contribution < 1.29 is 8.42 Å². The van der Waals surface area contributed by atoms with Crippen LogP contribution in [0, 0.1) is 0 Å². The van der Waals surface area contributed by atoms with Crippen LogP contribution in [-0.4, -0.2) is 21.1 Å². The third-order valence-corrected chi connectivity index (χ3v) is 1.98. The third kappa shape index (κ3) is 2.61. The highest BCUT2D eigenvalue weighted by Crippen LogP contribution is 2.01. The van der Waals surface area contributed by atoms with Gasteiger partial charge in [-0.2, -0.15) is 13.1 Å². The second-order valence-corrected chi connectivity index (χ2v) is 3.64. The first-order valence-electron chi connectivity index (χ1n) is 3.11. The molecule has 5 nitrogen and oxygen atoms in total. The quantitative estimate of drug-likeness (QED) is 0.465. The smallest absolute Gasteiger partial charge is 0.275 e. The predicted octanol–water partition coefficient (Wildman–Crippen LogP) is -1.51. The first-order chi connectivity index (χ1) is 4.58. The summed E-state index contributed by atoms with van der Waals surface area (Å²) in [6, 6.07) is 0. The summed E-state index contributed by atoms with van der Waals surface area (Å²) in [4.78, 5) is 0. The van der Waals surface area contributed by atoms with Crippen molar-refractivity contribution in [2.24, 2.45) is 5.14 Å². The summed E-state index contributed by atoms with van der Waals surface area (Å²) in [6.07, 6.45) is 1.65. The molecule has 1 rings (SSSR count). The number of nitrogens with two attached hydrogens (primary N) is 1. The molecule has 0 radical (unpaired) electrons. The van der Waals surface area contributed by atoms with Gasteiger partial charge >= 0.3 is 0 Å². The molecule has 1 fully saturated rings. The topological polar surface area (TPSA) is 84.2 Å². The Kier molecular flexibility index (Phi) is 2.24. The Morgan fingerprint density at radius 3 is 2.70 bits per heavy atom. The first-order valence-corrected chi connectivity index (χ1v) is 4.66.